The zero-order chi connectivity index (χ0) is 33.7. The number of nitrogens with two attached hydrogens (primary N) is 6. The highest BCUT2D eigenvalue weighted by Gasteiger charge is 2.29. The lowest BCUT2D eigenvalue weighted by Gasteiger charge is -2.22. The van der Waals surface area contributed by atoms with Crippen molar-refractivity contribution in [1.29, 1.82) is 0 Å². The number of unbranched alkanes of at least 4 members (excludes halogenated alkanes) is 1. The Hall–Kier alpha value is -4.72. The molecule has 0 unspecified atom stereocenters. The number of aliphatic imine (C=N–C) groups is 2. The molecule has 0 aromatic rings. The van der Waals surface area contributed by atoms with Crippen molar-refractivity contribution in [2.75, 3.05) is 26.2 Å². The molecule has 250 valence electrons. The maximum absolute atomic E-state index is 12.9. The van der Waals surface area contributed by atoms with E-state index >= 15 is 0 Å². The van der Waals surface area contributed by atoms with E-state index in [1.54, 1.807) is 0 Å². The van der Waals surface area contributed by atoms with E-state index in [1.165, 1.54) is 0 Å². The quantitative estimate of drug-likeness (QED) is 0.0285. The molecule has 4 atom stereocenters. The minimum absolute atomic E-state index is 0.0787. The van der Waals surface area contributed by atoms with Gasteiger partial charge in [-0.2, -0.15) is 0 Å². The summed E-state index contributed by atoms with van der Waals surface area (Å²) in [7, 11) is 0. The first-order chi connectivity index (χ1) is 20.7. The normalized spacial score (nSPS) is 13.2. The summed E-state index contributed by atoms with van der Waals surface area (Å²) in [5.41, 5.74) is 32.4. The van der Waals surface area contributed by atoms with E-state index in [1.807, 2.05) is 0 Å². The first kappa shape index (κ1) is 39.3. The Morgan fingerprint density at radius 3 is 1.70 bits per heavy atom. The van der Waals surface area contributed by atoms with Crippen LogP contribution in [0.3, 0.4) is 0 Å². The lowest BCUT2D eigenvalue weighted by Crippen LogP contribution is -2.55. The summed E-state index contributed by atoms with van der Waals surface area (Å²) < 4.78 is 0. The standard InChI is InChI=1S/C24H46N12O8/c25-8-2-1-5-13(26)19(40)35-14(6-3-9-31-23(27)28)20(41)33-12-17(37)34-16(11-18(38)39)21(42)36-15(22(43)44)7-4-10-32-24(29)30/h13-16H,1-12,25-26H2,(H,33,41)(H,34,37)(H,35,40)(H,36,42)(H,38,39)(H,43,44)(H4,27,28,31)(H4,29,30,32)/t13-,14-,15-,16-/m0/s1. The predicted octanol–water partition coefficient (Wildman–Crippen LogP) is -5.32. The van der Waals surface area contributed by atoms with Crippen LogP contribution in [0, 0.1) is 0 Å². The number of carbonyl (C=O) groups is 6. The molecule has 0 heterocycles. The van der Waals surface area contributed by atoms with Gasteiger partial charge in [-0.15, -0.1) is 0 Å². The van der Waals surface area contributed by atoms with Crippen molar-refractivity contribution in [3.05, 3.63) is 0 Å². The third-order valence-corrected chi connectivity index (χ3v) is 5.90. The Balaban J connectivity index is 5.33. The number of rotatable bonds is 23. The monoisotopic (exact) mass is 630 g/mol. The van der Waals surface area contributed by atoms with E-state index in [9.17, 15) is 39.0 Å². The molecule has 0 fully saturated rings. The van der Waals surface area contributed by atoms with Gasteiger partial charge in [0.25, 0.3) is 0 Å². The molecule has 0 bridgehead atoms. The van der Waals surface area contributed by atoms with Gasteiger partial charge in [-0.3, -0.25) is 34.0 Å². The van der Waals surface area contributed by atoms with Crippen LogP contribution < -0.4 is 55.7 Å². The van der Waals surface area contributed by atoms with Crippen molar-refractivity contribution < 1.29 is 39.0 Å². The Morgan fingerprint density at radius 2 is 1.20 bits per heavy atom. The maximum atomic E-state index is 12.9. The molecule has 0 rings (SSSR count). The summed E-state index contributed by atoms with van der Waals surface area (Å²) >= 11 is 0. The third-order valence-electron chi connectivity index (χ3n) is 5.90. The van der Waals surface area contributed by atoms with Crippen molar-refractivity contribution in [2.45, 2.75) is 75.5 Å². The molecule has 0 aromatic carbocycles. The van der Waals surface area contributed by atoms with Gasteiger partial charge in [-0.1, -0.05) is 6.42 Å². The first-order valence-corrected chi connectivity index (χ1v) is 13.9. The van der Waals surface area contributed by atoms with Crippen LogP contribution in [0.5, 0.6) is 0 Å². The molecule has 0 aliphatic heterocycles. The van der Waals surface area contributed by atoms with E-state index in [0.29, 0.717) is 25.8 Å². The van der Waals surface area contributed by atoms with Gasteiger partial charge in [-0.25, -0.2) is 4.79 Å². The number of nitrogens with one attached hydrogen (secondary N) is 4. The molecule has 0 saturated heterocycles. The number of carboxylic acid groups (broad SMARTS) is 2. The van der Waals surface area contributed by atoms with E-state index in [0.717, 1.165) is 0 Å². The van der Waals surface area contributed by atoms with Crippen molar-refractivity contribution in [3.8, 4) is 0 Å². The molecule has 20 heteroatoms. The highest BCUT2D eigenvalue weighted by atomic mass is 16.4. The van der Waals surface area contributed by atoms with E-state index < -0.39 is 72.7 Å². The molecule has 0 aliphatic rings. The summed E-state index contributed by atoms with van der Waals surface area (Å²) in [5, 5.41) is 27.8. The smallest absolute Gasteiger partial charge is 0.326 e. The average Bonchev–Trinajstić information content (AvgIpc) is 2.93. The zero-order valence-electron chi connectivity index (χ0n) is 24.5. The van der Waals surface area contributed by atoms with E-state index in [4.69, 9.17) is 34.4 Å². The lowest BCUT2D eigenvalue weighted by atomic mass is 10.1. The summed E-state index contributed by atoms with van der Waals surface area (Å²) in [4.78, 5) is 81.1. The number of aliphatic carboxylic acids is 2. The molecule has 18 N–H and O–H groups in total. The number of hydrogen-bond acceptors (Lipinski definition) is 10. The minimum Gasteiger partial charge on any atom is -0.481 e. The molecule has 0 aliphatic carbocycles. The van der Waals surface area contributed by atoms with Gasteiger partial charge in [0.1, 0.15) is 18.1 Å². The number of hydrogen-bond donors (Lipinski definition) is 12. The number of nitrogens with zero attached hydrogens (tertiary/aromatic N) is 2. The fourth-order valence-electron chi connectivity index (χ4n) is 3.64. The first-order valence-electron chi connectivity index (χ1n) is 13.9. The number of amides is 4. The lowest BCUT2D eigenvalue weighted by molar-refractivity contribution is -0.143. The summed E-state index contributed by atoms with van der Waals surface area (Å²) in [6.45, 7) is -0.0243. The van der Waals surface area contributed by atoms with Crippen molar-refractivity contribution in [3.63, 3.8) is 0 Å². The zero-order valence-corrected chi connectivity index (χ0v) is 24.5. The number of guanidine groups is 2. The molecule has 0 saturated carbocycles. The second-order valence-electron chi connectivity index (χ2n) is 9.68. The summed E-state index contributed by atoms with van der Waals surface area (Å²) in [6, 6.07) is -5.12. The van der Waals surface area contributed by atoms with Gasteiger partial charge in [0.2, 0.25) is 23.6 Å². The maximum Gasteiger partial charge on any atom is 0.326 e. The Kier molecular flexibility index (Phi) is 19.6. The Morgan fingerprint density at radius 1 is 0.659 bits per heavy atom. The van der Waals surface area contributed by atoms with Gasteiger partial charge in [0.05, 0.1) is 19.0 Å². The third kappa shape index (κ3) is 18.7. The summed E-state index contributed by atoms with van der Waals surface area (Å²) in [5.74, 6) is -6.61. The molecular weight excluding hydrogens is 584 g/mol. The second kappa shape index (κ2) is 21.9. The number of carbonyl (C=O) groups excluding carboxylic acids is 4. The Labute approximate surface area is 254 Å². The fraction of sp³-hybridized carbons (Fsp3) is 0.667. The van der Waals surface area contributed by atoms with E-state index in [-0.39, 0.29) is 50.7 Å². The molecule has 20 nitrogen and oxygen atoms in total. The van der Waals surface area contributed by atoms with Crippen molar-refractivity contribution in [2.24, 2.45) is 44.4 Å². The highest BCUT2D eigenvalue weighted by molar-refractivity contribution is 5.95. The average molecular weight is 631 g/mol. The van der Waals surface area contributed by atoms with Gasteiger partial charge < -0.3 is 65.9 Å². The molecule has 0 radical (unpaired) electrons. The van der Waals surface area contributed by atoms with Crippen LogP contribution >= 0.6 is 0 Å². The van der Waals surface area contributed by atoms with Crippen LogP contribution in [0.2, 0.25) is 0 Å². The largest absolute Gasteiger partial charge is 0.481 e. The van der Waals surface area contributed by atoms with Crippen LogP contribution in [0.4, 0.5) is 0 Å². The van der Waals surface area contributed by atoms with Crippen LogP contribution in [-0.4, -0.2) is 108 Å². The van der Waals surface area contributed by atoms with Gasteiger partial charge in [0, 0.05) is 13.1 Å². The Bertz CT molecular complexity index is 1030. The van der Waals surface area contributed by atoms with Crippen molar-refractivity contribution in [1.82, 2.24) is 21.3 Å². The predicted molar refractivity (Wildman–Crippen MR) is 159 cm³/mol. The van der Waals surface area contributed by atoms with Crippen LogP contribution in [-0.2, 0) is 28.8 Å². The second-order valence-corrected chi connectivity index (χ2v) is 9.68. The van der Waals surface area contributed by atoms with E-state index in [2.05, 4.69) is 31.3 Å². The van der Waals surface area contributed by atoms with Crippen LogP contribution in [0.25, 0.3) is 0 Å². The SMILES string of the molecule is NCCCC[C@H](N)C(=O)N[C@@H](CCCN=C(N)N)C(=O)NCC(=O)N[C@@H](CC(=O)O)C(=O)N[C@@H](CCCN=C(N)N)C(=O)O. The topological polar surface area (TPSA) is 372 Å². The molecular formula is C24H46N12O8. The number of carboxylic acids is 2. The van der Waals surface area contributed by atoms with Crippen LogP contribution in [0.1, 0.15) is 51.4 Å². The summed E-state index contributed by atoms with van der Waals surface area (Å²) in [6.07, 6.45) is 1.17. The molecule has 0 spiro atoms. The van der Waals surface area contributed by atoms with Gasteiger partial charge in [-0.05, 0) is 45.1 Å². The van der Waals surface area contributed by atoms with Gasteiger partial charge in [0.15, 0.2) is 11.9 Å². The van der Waals surface area contributed by atoms with Crippen LogP contribution in [0.15, 0.2) is 9.98 Å². The van der Waals surface area contributed by atoms with Gasteiger partial charge >= 0.3 is 11.9 Å². The van der Waals surface area contributed by atoms with Crippen molar-refractivity contribution >= 4 is 47.5 Å². The molecule has 0 aromatic heterocycles. The molecule has 4 amide bonds. The highest BCUT2D eigenvalue weighted by Crippen LogP contribution is 2.04. The minimum atomic E-state index is -1.67. The molecule has 44 heavy (non-hydrogen) atoms. The fourth-order valence-corrected chi connectivity index (χ4v) is 3.64.